The molecule has 0 spiro atoms. The van der Waals surface area contributed by atoms with Gasteiger partial charge in [0.1, 0.15) is 0 Å². The SMILES string of the molecule is CCCCN([C@@H]1CCS(=O)(=O)C1)S(=O)(=O)c1cccc([N+](=O)[O-])c1. The van der Waals surface area contributed by atoms with Crippen molar-refractivity contribution in [3.05, 3.63) is 34.4 Å². The number of sulfonamides is 1. The van der Waals surface area contributed by atoms with Gasteiger partial charge in [0.05, 0.1) is 21.3 Å². The Kier molecular flexibility index (Phi) is 5.61. The van der Waals surface area contributed by atoms with Crippen molar-refractivity contribution >= 4 is 25.5 Å². The lowest BCUT2D eigenvalue weighted by atomic mass is 10.2. The third kappa shape index (κ3) is 4.11. The van der Waals surface area contributed by atoms with E-state index < -0.39 is 30.8 Å². The first-order valence-corrected chi connectivity index (χ1v) is 10.9. The van der Waals surface area contributed by atoms with Gasteiger partial charge in [0.2, 0.25) is 10.0 Å². The zero-order valence-electron chi connectivity index (χ0n) is 13.3. The molecule has 0 radical (unpaired) electrons. The van der Waals surface area contributed by atoms with E-state index in [1.165, 1.54) is 22.5 Å². The number of nitro benzene ring substituents is 1. The highest BCUT2D eigenvalue weighted by Crippen LogP contribution is 2.27. The van der Waals surface area contributed by atoms with Crippen LogP contribution >= 0.6 is 0 Å². The summed E-state index contributed by atoms with van der Waals surface area (Å²) in [5.41, 5.74) is -0.314. The van der Waals surface area contributed by atoms with Crippen LogP contribution in [0.2, 0.25) is 0 Å². The van der Waals surface area contributed by atoms with Crippen LogP contribution in [0.1, 0.15) is 26.2 Å². The lowest BCUT2D eigenvalue weighted by Gasteiger charge is -2.27. The molecule has 1 aromatic rings. The van der Waals surface area contributed by atoms with Crippen molar-refractivity contribution in [1.82, 2.24) is 4.31 Å². The molecule has 1 heterocycles. The molecule has 0 aromatic heterocycles. The van der Waals surface area contributed by atoms with Gasteiger partial charge in [0.25, 0.3) is 5.69 Å². The predicted molar refractivity (Wildman–Crippen MR) is 89.0 cm³/mol. The van der Waals surface area contributed by atoms with Crippen LogP contribution in [0.4, 0.5) is 5.69 Å². The van der Waals surface area contributed by atoms with Crippen molar-refractivity contribution in [1.29, 1.82) is 0 Å². The van der Waals surface area contributed by atoms with E-state index in [1.807, 2.05) is 6.92 Å². The number of non-ortho nitro benzene ring substituents is 1. The van der Waals surface area contributed by atoms with Crippen LogP contribution in [0.15, 0.2) is 29.2 Å². The summed E-state index contributed by atoms with van der Waals surface area (Å²) in [6.07, 6.45) is 1.59. The number of nitrogens with zero attached hydrogens (tertiary/aromatic N) is 2. The van der Waals surface area contributed by atoms with Crippen LogP contribution in [0.25, 0.3) is 0 Å². The summed E-state index contributed by atoms with van der Waals surface area (Å²) in [6, 6.07) is 4.22. The number of unbranched alkanes of at least 4 members (excludes halogenated alkanes) is 1. The second-order valence-electron chi connectivity index (χ2n) is 5.78. The largest absolute Gasteiger partial charge is 0.270 e. The Morgan fingerprint density at radius 1 is 1.38 bits per heavy atom. The first-order chi connectivity index (χ1) is 11.2. The van der Waals surface area contributed by atoms with E-state index in [1.54, 1.807) is 0 Å². The maximum Gasteiger partial charge on any atom is 0.270 e. The van der Waals surface area contributed by atoms with Gasteiger partial charge >= 0.3 is 0 Å². The van der Waals surface area contributed by atoms with Crippen molar-refractivity contribution in [3.8, 4) is 0 Å². The molecule has 0 bridgehead atoms. The van der Waals surface area contributed by atoms with Gasteiger partial charge in [-0.2, -0.15) is 4.31 Å². The highest BCUT2D eigenvalue weighted by atomic mass is 32.2. The van der Waals surface area contributed by atoms with Crippen molar-refractivity contribution in [2.24, 2.45) is 0 Å². The normalized spacial score (nSPS) is 20.3. The Morgan fingerprint density at radius 3 is 2.62 bits per heavy atom. The molecule has 1 aliphatic rings. The maximum atomic E-state index is 12.9. The number of sulfone groups is 1. The van der Waals surface area contributed by atoms with Crippen molar-refractivity contribution in [2.45, 2.75) is 37.1 Å². The van der Waals surface area contributed by atoms with Crippen LogP contribution in [0, 0.1) is 10.1 Å². The molecule has 24 heavy (non-hydrogen) atoms. The molecule has 10 heteroatoms. The van der Waals surface area contributed by atoms with Gasteiger partial charge in [-0.1, -0.05) is 19.4 Å². The average molecular weight is 376 g/mol. The van der Waals surface area contributed by atoms with Crippen LogP contribution in [0.5, 0.6) is 0 Å². The summed E-state index contributed by atoms with van der Waals surface area (Å²) in [5.74, 6) is -0.240. The van der Waals surface area contributed by atoms with E-state index in [4.69, 9.17) is 0 Å². The van der Waals surface area contributed by atoms with Gasteiger partial charge in [0.15, 0.2) is 9.84 Å². The second kappa shape index (κ2) is 7.16. The Morgan fingerprint density at radius 2 is 2.08 bits per heavy atom. The zero-order valence-corrected chi connectivity index (χ0v) is 14.9. The fraction of sp³-hybridized carbons (Fsp3) is 0.571. The average Bonchev–Trinajstić information content (AvgIpc) is 2.87. The Bertz CT molecular complexity index is 819. The van der Waals surface area contributed by atoms with Gasteiger partial charge in [-0.25, -0.2) is 16.8 Å². The minimum absolute atomic E-state index is 0.0370. The van der Waals surface area contributed by atoms with E-state index in [-0.39, 0.29) is 35.1 Å². The summed E-state index contributed by atoms with van der Waals surface area (Å²) in [7, 11) is -7.24. The molecule has 0 aliphatic carbocycles. The fourth-order valence-electron chi connectivity index (χ4n) is 2.71. The summed E-state index contributed by atoms with van der Waals surface area (Å²) < 4.78 is 50.5. The maximum absolute atomic E-state index is 12.9. The summed E-state index contributed by atoms with van der Waals surface area (Å²) in [5, 5.41) is 10.9. The molecule has 8 nitrogen and oxygen atoms in total. The van der Waals surface area contributed by atoms with E-state index in [2.05, 4.69) is 0 Å². The molecular formula is C14H20N2O6S2. The van der Waals surface area contributed by atoms with Gasteiger partial charge in [-0.15, -0.1) is 0 Å². The first kappa shape index (κ1) is 18.8. The lowest BCUT2D eigenvalue weighted by molar-refractivity contribution is -0.385. The molecular weight excluding hydrogens is 356 g/mol. The Hall–Kier alpha value is -1.52. The van der Waals surface area contributed by atoms with E-state index >= 15 is 0 Å². The number of benzene rings is 1. The smallest absolute Gasteiger partial charge is 0.258 e. The van der Waals surface area contributed by atoms with Crippen molar-refractivity contribution < 1.29 is 21.8 Å². The molecule has 0 N–H and O–H groups in total. The van der Waals surface area contributed by atoms with Crippen LogP contribution < -0.4 is 0 Å². The fourth-order valence-corrected chi connectivity index (χ4v) is 6.27. The minimum atomic E-state index is -4.00. The highest BCUT2D eigenvalue weighted by Gasteiger charge is 2.38. The van der Waals surface area contributed by atoms with Crippen LogP contribution in [-0.4, -0.2) is 50.2 Å². The zero-order chi connectivity index (χ0) is 18.0. The quantitative estimate of drug-likeness (QED) is 0.527. The molecule has 1 aliphatic heterocycles. The van der Waals surface area contributed by atoms with Crippen LogP contribution in [-0.2, 0) is 19.9 Å². The monoisotopic (exact) mass is 376 g/mol. The predicted octanol–water partition coefficient (Wildman–Crippen LogP) is 1.57. The number of hydrogen-bond acceptors (Lipinski definition) is 6. The molecule has 0 unspecified atom stereocenters. The Labute approximate surface area is 141 Å². The molecule has 1 fully saturated rings. The number of rotatable bonds is 7. The molecule has 134 valence electrons. The standard InChI is InChI=1S/C14H20N2O6S2/c1-2-3-8-15(13-7-9-23(19,20)11-13)24(21,22)14-6-4-5-12(10-14)16(17)18/h4-6,10,13H,2-3,7-9,11H2,1H3/t13-/m1/s1. The van der Waals surface area contributed by atoms with E-state index in [0.717, 1.165) is 12.5 Å². The lowest BCUT2D eigenvalue weighted by Crippen LogP contribution is -2.41. The highest BCUT2D eigenvalue weighted by molar-refractivity contribution is 7.92. The van der Waals surface area contributed by atoms with E-state index in [9.17, 15) is 26.9 Å². The third-order valence-electron chi connectivity index (χ3n) is 3.98. The Balaban J connectivity index is 2.40. The molecule has 0 amide bonds. The molecule has 1 atom stereocenters. The van der Waals surface area contributed by atoms with Gasteiger partial charge in [-0.05, 0) is 18.9 Å². The molecule has 2 rings (SSSR count). The number of hydrogen-bond donors (Lipinski definition) is 0. The van der Waals surface area contributed by atoms with Crippen molar-refractivity contribution in [2.75, 3.05) is 18.1 Å². The minimum Gasteiger partial charge on any atom is -0.258 e. The number of nitro groups is 1. The topological polar surface area (TPSA) is 115 Å². The molecule has 0 saturated carbocycles. The van der Waals surface area contributed by atoms with Gasteiger partial charge < -0.3 is 0 Å². The van der Waals surface area contributed by atoms with Gasteiger partial charge in [-0.3, -0.25) is 10.1 Å². The molecule has 1 saturated heterocycles. The second-order valence-corrected chi connectivity index (χ2v) is 9.90. The molecule has 1 aromatic carbocycles. The third-order valence-corrected chi connectivity index (χ3v) is 7.68. The summed E-state index contributed by atoms with van der Waals surface area (Å²) in [4.78, 5) is 10.0. The van der Waals surface area contributed by atoms with Crippen LogP contribution in [0.3, 0.4) is 0 Å². The van der Waals surface area contributed by atoms with Gasteiger partial charge in [0, 0.05) is 24.7 Å². The van der Waals surface area contributed by atoms with Crippen molar-refractivity contribution in [3.63, 3.8) is 0 Å². The summed E-state index contributed by atoms with van der Waals surface area (Å²) >= 11 is 0. The van der Waals surface area contributed by atoms with E-state index in [0.29, 0.717) is 6.42 Å². The first-order valence-electron chi connectivity index (χ1n) is 7.64. The summed E-state index contributed by atoms with van der Waals surface area (Å²) in [6.45, 7) is 2.10.